The first kappa shape index (κ1) is 17.1. The Labute approximate surface area is 126 Å². The number of hydrogen-bond donors (Lipinski definition) is 1. The topological polar surface area (TPSA) is 81.2 Å². The lowest BCUT2D eigenvalue weighted by molar-refractivity contribution is 0.389. The van der Waals surface area contributed by atoms with Gasteiger partial charge in [0, 0.05) is 18.8 Å². The van der Waals surface area contributed by atoms with E-state index >= 15 is 0 Å². The highest BCUT2D eigenvalue weighted by atomic mass is 32.2. The molecule has 8 heteroatoms. The monoisotopic (exact) mass is 318 g/mol. The van der Waals surface area contributed by atoms with Crippen LogP contribution < -0.4 is 5.73 Å². The summed E-state index contributed by atoms with van der Waals surface area (Å²) in [7, 11) is -3.68. The Morgan fingerprint density at radius 1 is 1.55 bits per heavy atom. The van der Waals surface area contributed by atoms with Crippen molar-refractivity contribution in [1.29, 1.82) is 0 Å². The van der Waals surface area contributed by atoms with E-state index in [4.69, 9.17) is 18.0 Å². The maximum atomic E-state index is 12.6. The fraction of sp³-hybridized carbons (Fsp3) is 0.667. The number of sulfonamides is 1. The Morgan fingerprint density at radius 3 is 2.60 bits per heavy atom. The molecule has 6 nitrogen and oxygen atoms in total. The third-order valence-corrected chi connectivity index (χ3v) is 4.90. The van der Waals surface area contributed by atoms with Gasteiger partial charge in [-0.15, -0.1) is 0 Å². The molecule has 0 fully saturated rings. The van der Waals surface area contributed by atoms with Crippen LogP contribution in [-0.4, -0.2) is 39.8 Å². The molecule has 0 aliphatic carbocycles. The van der Waals surface area contributed by atoms with Crippen LogP contribution in [0.25, 0.3) is 0 Å². The predicted octanol–water partition coefficient (Wildman–Crippen LogP) is 1.29. The predicted molar refractivity (Wildman–Crippen MR) is 83.1 cm³/mol. The molecular formula is C12H22N4O2S2. The minimum Gasteiger partial charge on any atom is -0.392 e. The molecule has 0 spiro atoms. The minimum atomic E-state index is -3.68. The molecule has 1 rings (SSSR count). The van der Waals surface area contributed by atoms with Crippen LogP contribution in [0.1, 0.15) is 33.0 Å². The molecule has 0 atom stereocenters. The minimum absolute atomic E-state index is 0.0228. The van der Waals surface area contributed by atoms with Gasteiger partial charge >= 0.3 is 0 Å². The molecule has 0 amide bonds. The standard InChI is InChI=1S/C12H22N4O2S2/c1-5-6-15-8-12(14-10(15)4)20(17,18)16(9(2)3)7-11(13)19/h8-9H,5-7H2,1-4H3,(H2,13,19). The Hall–Kier alpha value is -0.990. The van der Waals surface area contributed by atoms with Gasteiger partial charge in [0.05, 0.1) is 11.5 Å². The number of hydrogen-bond acceptors (Lipinski definition) is 4. The molecule has 1 heterocycles. The lowest BCUT2D eigenvalue weighted by Crippen LogP contribution is -2.42. The van der Waals surface area contributed by atoms with E-state index in [-0.39, 0.29) is 22.6 Å². The fourth-order valence-corrected chi connectivity index (χ4v) is 3.72. The van der Waals surface area contributed by atoms with Gasteiger partial charge in [-0.3, -0.25) is 0 Å². The van der Waals surface area contributed by atoms with Crippen LogP contribution in [0.5, 0.6) is 0 Å². The maximum Gasteiger partial charge on any atom is 0.262 e. The smallest absolute Gasteiger partial charge is 0.262 e. The molecule has 0 aliphatic rings. The van der Waals surface area contributed by atoms with Crippen molar-refractivity contribution in [2.24, 2.45) is 5.73 Å². The summed E-state index contributed by atoms with van der Waals surface area (Å²) < 4.78 is 28.3. The molecule has 114 valence electrons. The van der Waals surface area contributed by atoms with Crippen LogP contribution in [0.4, 0.5) is 0 Å². The van der Waals surface area contributed by atoms with Crippen molar-refractivity contribution in [2.45, 2.75) is 51.7 Å². The molecule has 0 unspecified atom stereocenters. The van der Waals surface area contributed by atoms with Crippen LogP contribution in [0, 0.1) is 6.92 Å². The van der Waals surface area contributed by atoms with Crippen molar-refractivity contribution in [3.05, 3.63) is 12.0 Å². The van der Waals surface area contributed by atoms with E-state index in [1.165, 1.54) is 4.31 Å². The van der Waals surface area contributed by atoms with Crippen molar-refractivity contribution in [3.8, 4) is 0 Å². The number of rotatable bonds is 7. The molecule has 0 aliphatic heterocycles. The first-order chi connectivity index (χ1) is 9.20. The zero-order valence-electron chi connectivity index (χ0n) is 12.3. The van der Waals surface area contributed by atoms with Gasteiger partial charge in [-0.25, -0.2) is 13.4 Å². The third kappa shape index (κ3) is 3.77. The fourth-order valence-electron chi connectivity index (χ4n) is 1.89. The summed E-state index contributed by atoms with van der Waals surface area (Å²) in [6.07, 6.45) is 2.49. The van der Waals surface area contributed by atoms with Crippen molar-refractivity contribution in [3.63, 3.8) is 0 Å². The Morgan fingerprint density at radius 2 is 2.15 bits per heavy atom. The van der Waals surface area contributed by atoms with Crippen LogP contribution >= 0.6 is 12.2 Å². The summed E-state index contributed by atoms with van der Waals surface area (Å²) >= 11 is 4.83. The molecule has 20 heavy (non-hydrogen) atoms. The van der Waals surface area contributed by atoms with Crippen molar-refractivity contribution < 1.29 is 8.42 Å². The normalized spacial score (nSPS) is 12.3. The van der Waals surface area contributed by atoms with Crippen LogP contribution in [0.2, 0.25) is 0 Å². The number of nitrogens with two attached hydrogens (primary N) is 1. The molecule has 1 aromatic heterocycles. The van der Waals surface area contributed by atoms with Gasteiger partial charge in [-0.05, 0) is 27.2 Å². The van der Waals surface area contributed by atoms with E-state index in [2.05, 4.69) is 4.98 Å². The van der Waals surface area contributed by atoms with E-state index < -0.39 is 10.0 Å². The zero-order chi connectivity index (χ0) is 15.5. The molecule has 2 N–H and O–H groups in total. The Bertz CT molecular complexity index is 578. The largest absolute Gasteiger partial charge is 0.392 e. The van der Waals surface area contributed by atoms with Gasteiger partial charge in [0.25, 0.3) is 10.0 Å². The van der Waals surface area contributed by atoms with Crippen molar-refractivity contribution in [2.75, 3.05) is 6.54 Å². The SMILES string of the molecule is CCCn1cc(S(=O)(=O)N(CC(N)=S)C(C)C)nc1C. The second kappa shape index (κ2) is 6.64. The highest BCUT2D eigenvalue weighted by Gasteiger charge is 2.30. The highest BCUT2D eigenvalue weighted by Crippen LogP contribution is 2.18. The van der Waals surface area contributed by atoms with Gasteiger partial charge in [0.15, 0.2) is 5.03 Å². The van der Waals surface area contributed by atoms with Crippen LogP contribution in [-0.2, 0) is 16.6 Å². The number of aromatic nitrogens is 2. The molecule has 0 radical (unpaired) electrons. The number of aryl methyl sites for hydroxylation is 2. The Kier molecular flexibility index (Phi) is 5.67. The van der Waals surface area contributed by atoms with E-state index in [1.54, 1.807) is 27.0 Å². The summed E-state index contributed by atoms with van der Waals surface area (Å²) in [5.41, 5.74) is 5.49. The zero-order valence-corrected chi connectivity index (χ0v) is 14.0. The van der Waals surface area contributed by atoms with E-state index in [1.807, 2.05) is 11.5 Å². The summed E-state index contributed by atoms with van der Waals surface area (Å²) in [5.74, 6) is 0.685. The number of nitrogens with zero attached hydrogens (tertiary/aromatic N) is 3. The van der Waals surface area contributed by atoms with Gasteiger partial charge in [-0.1, -0.05) is 19.1 Å². The summed E-state index contributed by atoms with van der Waals surface area (Å²) in [4.78, 5) is 4.31. The maximum absolute atomic E-state index is 12.6. The lowest BCUT2D eigenvalue weighted by Gasteiger charge is -2.24. The first-order valence-electron chi connectivity index (χ1n) is 6.54. The van der Waals surface area contributed by atoms with Gasteiger partial charge in [-0.2, -0.15) is 4.31 Å². The molecule has 0 aromatic carbocycles. The van der Waals surface area contributed by atoms with E-state index in [0.29, 0.717) is 5.82 Å². The van der Waals surface area contributed by atoms with Crippen LogP contribution in [0.15, 0.2) is 11.2 Å². The molecule has 1 aromatic rings. The summed E-state index contributed by atoms with van der Waals surface area (Å²) in [5, 5.41) is 0.0494. The third-order valence-electron chi connectivity index (χ3n) is 2.88. The average molecular weight is 318 g/mol. The van der Waals surface area contributed by atoms with Gasteiger partial charge in [0.1, 0.15) is 5.82 Å². The summed E-state index contributed by atoms with van der Waals surface area (Å²) in [6.45, 7) is 8.15. The van der Waals surface area contributed by atoms with E-state index in [0.717, 1.165) is 13.0 Å². The molecule has 0 saturated carbocycles. The highest BCUT2D eigenvalue weighted by molar-refractivity contribution is 7.89. The van der Waals surface area contributed by atoms with Gasteiger partial charge < -0.3 is 10.3 Å². The Balaban J connectivity index is 3.19. The second-order valence-corrected chi connectivity index (χ2v) is 7.29. The van der Waals surface area contributed by atoms with Crippen LogP contribution in [0.3, 0.4) is 0 Å². The quantitative estimate of drug-likeness (QED) is 0.766. The molecular weight excluding hydrogens is 296 g/mol. The van der Waals surface area contributed by atoms with E-state index in [9.17, 15) is 8.42 Å². The number of imidazole rings is 1. The molecule has 0 saturated heterocycles. The average Bonchev–Trinajstić information content (AvgIpc) is 2.68. The number of thiocarbonyl (C=S) groups is 1. The summed E-state index contributed by atoms with van der Waals surface area (Å²) in [6, 6.07) is -0.238. The first-order valence-corrected chi connectivity index (χ1v) is 8.38. The second-order valence-electron chi connectivity index (χ2n) is 4.93. The lowest BCUT2D eigenvalue weighted by atomic mass is 10.4. The van der Waals surface area contributed by atoms with Crippen molar-refractivity contribution >= 4 is 27.2 Å². The molecule has 0 bridgehead atoms. The van der Waals surface area contributed by atoms with Crippen molar-refractivity contribution in [1.82, 2.24) is 13.9 Å². The van der Waals surface area contributed by atoms with Gasteiger partial charge in [0.2, 0.25) is 0 Å².